The first-order chi connectivity index (χ1) is 16.3. The number of benzene rings is 1. The summed E-state index contributed by atoms with van der Waals surface area (Å²) in [5, 5.41) is 15.9. The van der Waals surface area contributed by atoms with E-state index in [0.717, 1.165) is 40.2 Å². The van der Waals surface area contributed by atoms with E-state index in [1.807, 2.05) is 25.1 Å². The number of alkyl halides is 1. The highest BCUT2D eigenvalue weighted by Crippen LogP contribution is 2.48. The summed E-state index contributed by atoms with van der Waals surface area (Å²) >= 11 is 1.50. The fraction of sp³-hybridized carbons (Fsp3) is 0.440. The van der Waals surface area contributed by atoms with Crippen molar-refractivity contribution in [1.29, 1.82) is 5.41 Å². The number of aromatic nitrogens is 1. The first-order valence-electron chi connectivity index (χ1n) is 11.7. The van der Waals surface area contributed by atoms with Crippen LogP contribution in [0.2, 0.25) is 0 Å². The molecule has 34 heavy (non-hydrogen) atoms. The lowest BCUT2D eigenvalue weighted by Gasteiger charge is -2.48. The Balaban J connectivity index is 1.38. The summed E-state index contributed by atoms with van der Waals surface area (Å²) < 4.78 is 15.0. The molecule has 7 nitrogen and oxygen atoms in total. The second-order valence-corrected chi connectivity index (χ2v) is 10.4. The van der Waals surface area contributed by atoms with Crippen LogP contribution in [0.15, 0.2) is 57.1 Å². The van der Waals surface area contributed by atoms with Gasteiger partial charge in [0.15, 0.2) is 5.17 Å². The first-order valence-corrected chi connectivity index (χ1v) is 12.5. The van der Waals surface area contributed by atoms with Gasteiger partial charge in [-0.3, -0.25) is 9.88 Å². The Morgan fingerprint density at radius 2 is 2.06 bits per heavy atom. The molecule has 2 fully saturated rings. The van der Waals surface area contributed by atoms with Crippen LogP contribution in [0.4, 0.5) is 4.39 Å². The number of rotatable bonds is 6. The van der Waals surface area contributed by atoms with Crippen LogP contribution in [-0.2, 0) is 0 Å². The number of amidine groups is 2. The number of thioether (sulfide) groups is 1. The van der Waals surface area contributed by atoms with Gasteiger partial charge in [-0.15, -0.1) is 0 Å². The molecule has 1 unspecified atom stereocenters. The summed E-state index contributed by atoms with van der Waals surface area (Å²) in [5.41, 5.74) is 1.33. The zero-order chi connectivity index (χ0) is 23.9. The van der Waals surface area contributed by atoms with Crippen molar-refractivity contribution in [2.24, 2.45) is 15.9 Å². The molecule has 1 aliphatic carbocycles. The van der Waals surface area contributed by atoms with Gasteiger partial charge in [0.05, 0.1) is 5.52 Å². The van der Waals surface area contributed by atoms with Gasteiger partial charge in [-0.1, -0.05) is 17.8 Å². The van der Waals surface area contributed by atoms with Gasteiger partial charge in [-0.25, -0.2) is 14.4 Å². The summed E-state index contributed by atoms with van der Waals surface area (Å²) in [5.74, 6) is 1.68. The molecule has 0 radical (unpaired) electrons. The number of nitrogens with one attached hydrogen (secondary N) is 3. The topological polar surface area (TPSA) is 88.8 Å². The normalized spacial score (nSPS) is 22.6. The predicted octanol–water partition coefficient (Wildman–Crippen LogP) is 4.24. The number of halogens is 1. The van der Waals surface area contributed by atoms with Crippen LogP contribution in [0.3, 0.4) is 0 Å². The lowest BCUT2D eigenvalue weighted by atomic mass is 9.90. The molecular formula is C25H30FN7S. The Morgan fingerprint density at radius 3 is 2.76 bits per heavy atom. The average Bonchev–Trinajstić information content (AvgIpc) is 3.62. The summed E-state index contributed by atoms with van der Waals surface area (Å²) in [6, 6.07) is 10.2. The predicted molar refractivity (Wildman–Crippen MR) is 137 cm³/mol. The summed E-state index contributed by atoms with van der Waals surface area (Å²) in [6.45, 7) is 4.59. The van der Waals surface area contributed by atoms with Crippen molar-refractivity contribution in [3.63, 3.8) is 0 Å². The van der Waals surface area contributed by atoms with Crippen LogP contribution in [-0.4, -0.2) is 58.6 Å². The SMILES string of the molecule is CN/C(=C\C(C)=N)NC1=NC(Sc2ccc3nc(C)ccc3c2)=NC(N2CC(F)(C3CC3)C2)C1. The Morgan fingerprint density at radius 1 is 1.26 bits per heavy atom. The Kier molecular flexibility index (Phi) is 6.16. The van der Waals surface area contributed by atoms with Gasteiger partial charge >= 0.3 is 0 Å². The van der Waals surface area contributed by atoms with Crippen LogP contribution in [0.5, 0.6) is 0 Å². The second kappa shape index (κ2) is 9.11. The van der Waals surface area contributed by atoms with Gasteiger partial charge in [0.2, 0.25) is 0 Å². The van der Waals surface area contributed by atoms with Crippen LogP contribution >= 0.6 is 11.8 Å². The molecule has 1 saturated heterocycles. The molecule has 1 saturated carbocycles. The maximum absolute atomic E-state index is 15.0. The van der Waals surface area contributed by atoms with Crippen molar-refractivity contribution >= 4 is 39.4 Å². The van der Waals surface area contributed by atoms with Crippen LogP contribution in [0.1, 0.15) is 31.9 Å². The minimum Gasteiger partial charge on any atom is -0.375 e. The molecule has 2 aliphatic heterocycles. The Labute approximate surface area is 203 Å². The quantitative estimate of drug-likeness (QED) is 0.539. The third kappa shape index (κ3) is 5.00. The highest BCUT2D eigenvalue weighted by molar-refractivity contribution is 8.14. The maximum Gasteiger partial charge on any atom is 0.191 e. The monoisotopic (exact) mass is 479 g/mol. The second-order valence-electron chi connectivity index (χ2n) is 9.39. The molecule has 0 bridgehead atoms. The number of allylic oxidation sites excluding steroid dienone is 1. The highest BCUT2D eigenvalue weighted by Gasteiger charge is 2.55. The van der Waals surface area contributed by atoms with E-state index < -0.39 is 5.67 Å². The molecule has 1 aromatic carbocycles. The zero-order valence-corrected chi connectivity index (χ0v) is 20.5. The van der Waals surface area contributed by atoms with Crippen molar-refractivity contribution in [3.05, 3.63) is 47.9 Å². The molecule has 2 aromatic rings. The fourth-order valence-electron chi connectivity index (χ4n) is 4.49. The molecule has 178 valence electrons. The third-order valence-electron chi connectivity index (χ3n) is 6.45. The van der Waals surface area contributed by atoms with Crippen molar-refractivity contribution < 1.29 is 4.39 Å². The van der Waals surface area contributed by atoms with Crippen molar-refractivity contribution in [3.8, 4) is 0 Å². The van der Waals surface area contributed by atoms with E-state index in [1.165, 1.54) is 11.8 Å². The summed E-state index contributed by atoms with van der Waals surface area (Å²) in [4.78, 5) is 17.4. The van der Waals surface area contributed by atoms with E-state index in [0.29, 0.717) is 36.2 Å². The third-order valence-corrected chi connectivity index (χ3v) is 7.32. The molecule has 3 aliphatic rings. The van der Waals surface area contributed by atoms with Gasteiger partial charge < -0.3 is 16.0 Å². The molecule has 3 heterocycles. The maximum atomic E-state index is 15.0. The number of fused-ring (bicyclic) bond motifs is 1. The number of aliphatic imine (C=N–C) groups is 2. The molecule has 1 atom stereocenters. The van der Waals surface area contributed by atoms with Gasteiger partial charge in [-0.2, -0.15) is 0 Å². The largest absolute Gasteiger partial charge is 0.375 e. The van der Waals surface area contributed by atoms with Crippen molar-refractivity contribution in [2.45, 2.75) is 49.8 Å². The first kappa shape index (κ1) is 23.0. The number of hydrogen-bond acceptors (Lipinski definition) is 8. The Bertz CT molecular complexity index is 1210. The van der Waals surface area contributed by atoms with Crippen molar-refractivity contribution in [1.82, 2.24) is 20.5 Å². The molecule has 3 N–H and O–H groups in total. The van der Waals surface area contributed by atoms with E-state index in [4.69, 9.17) is 15.4 Å². The number of hydrogen-bond donors (Lipinski definition) is 3. The van der Waals surface area contributed by atoms with Gasteiger partial charge in [0.25, 0.3) is 0 Å². The zero-order valence-electron chi connectivity index (χ0n) is 19.7. The van der Waals surface area contributed by atoms with E-state index >= 15 is 4.39 Å². The van der Waals surface area contributed by atoms with E-state index in [9.17, 15) is 0 Å². The number of pyridine rings is 1. The molecular weight excluding hydrogens is 449 g/mol. The van der Waals surface area contributed by atoms with Crippen LogP contribution in [0.25, 0.3) is 10.9 Å². The van der Waals surface area contributed by atoms with E-state index in [1.54, 1.807) is 20.0 Å². The number of aryl methyl sites for hydroxylation is 1. The molecule has 5 rings (SSSR count). The Hall–Kier alpha value is -2.78. The minimum atomic E-state index is -1.05. The van der Waals surface area contributed by atoms with Gasteiger partial charge in [-0.05, 0) is 62.9 Å². The molecule has 0 amide bonds. The summed E-state index contributed by atoms with van der Waals surface area (Å²) in [7, 11) is 1.81. The van der Waals surface area contributed by atoms with E-state index in [2.05, 4.69) is 32.7 Å². The standard InChI is InChI=1S/C25H30FN7S/c1-15(27)10-21(28-3)30-22-12-23(33-13-25(26,14-33)18-6-7-18)32-24(31-22)34-19-8-9-20-17(11-19)5-4-16(2)29-20/h4-5,8-11,18,23,27-28H,6-7,12-14H2,1-3H3,(H,30,31,32)/b21-10+,27-15?. The van der Waals surface area contributed by atoms with Gasteiger partial charge in [0.1, 0.15) is 23.5 Å². The average molecular weight is 480 g/mol. The molecule has 0 spiro atoms. The van der Waals surface area contributed by atoms with E-state index in [-0.39, 0.29) is 12.1 Å². The molecule has 9 heteroatoms. The number of nitrogens with zero attached hydrogens (tertiary/aromatic N) is 4. The van der Waals surface area contributed by atoms with Crippen molar-refractivity contribution in [2.75, 3.05) is 20.1 Å². The molecule has 1 aromatic heterocycles. The highest BCUT2D eigenvalue weighted by atomic mass is 32.2. The number of likely N-dealkylation sites (tertiary alicyclic amines) is 1. The van der Waals surface area contributed by atoms with Gasteiger partial charge in [0, 0.05) is 48.2 Å². The smallest absolute Gasteiger partial charge is 0.191 e. The lowest BCUT2D eigenvalue weighted by Crippen LogP contribution is -2.63. The fourth-order valence-corrected chi connectivity index (χ4v) is 5.35. The minimum absolute atomic E-state index is 0.158. The van der Waals surface area contributed by atoms with Crippen LogP contribution in [0, 0.1) is 18.3 Å². The summed E-state index contributed by atoms with van der Waals surface area (Å²) in [6.07, 6.45) is 4.14. The van der Waals surface area contributed by atoms with Crippen LogP contribution < -0.4 is 10.6 Å². The lowest BCUT2D eigenvalue weighted by molar-refractivity contribution is -0.0687.